The minimum Gasteiger partial charge on any atom is -0.392 e. The van der Waals surface area contributed by atoms with E-state index in [4.69, 9.17) is 0 Å². The lowest BCUT2D eigenvalue weighted by Gasteiger charge is -2.05. The smallest absolute Gasteiger partial charge is 0.256 e. The van der Waals surface area contributed by atoms with Gasteiger partial charge in [0.2, 0.25) is 0 Å². The first-order chi connectivity index (χ1) is 9.79. The minimum absolute atomic E-state index is 0.0271. The third kappa shape index (κ3) is 1.41. The summed E-state index contributed by atoms with van der Waals surface area (Å²) in [5.41, 5.74) is 5.09. The first kappa shape index (κ1) is 11.4. The van der Waals surface area contributed by atoms with Crippen LogP contribution in [0.25, 0.3) is 22.0 Å². The number of hydrogen-bond acceptors (Lipinski definition) is 2. The highest BCUT2D eigenvalue weighted by Gasteiger charge is 2.24. The average molecular weight is 263 g/mol. The molecule has 0 aliphatic heterocycles. The van der Waals surface area contributed by atoms with Crippen LogP contribution >= 0.6 is 0 Å². The highest BCUT2D eigenvalue weighted by molar-refractivity contribution is 5.93. The lowest BCUT2D eigenvalue weighted by molar-refractivity contribution is 0.281. The van der Waals surface area contributed by atoms with Crippen molar-refractivity contribution in [3.05, 3.63) is 69.5 Å². The molecule has 1 aliphatic rings. The van der Waals surface area contributed by atoms with Crippen LogP contribution < -0.4 is 5.56 Å². The van der Waals surface area contributed by atoms with E-state index < -0.39 is 0 Å². The largest absolute Gasteiger partial charge is 0.392 e. The molecule has 0 atom stereocenters. The van der Waals surface area contributed by atoms with Crippen molar-refractivity contribution in [2.24, 2.45) is 0 Å². The van der Waals surface area contributed by atoms with Crippen molar-refractivity contribution in [1.29, 1.82) is 0 Å². The summed E-state index contributed by atoms with van der Waals surface area (Å²) in [5, 5.41) is 11.2. The van der Waals surface area contributed by atoms with Gasteiger partial charge < -0.3 is 10.1 Å². The van der Waals surface area contributed by atoms with Crippen molar-refractivity contribution in [2.75, 3.05) is 0 Å². The fourth-order valence-electron chi connectivity index (χ4n) is 3.15. The zero-order valence-corrected chi connectivity index (χ0v) is 10.8. The average Bonchev–Trinajstić information content (AvgIpc) is 2.86. The number of nitrogens with one attached hydrogen (secondary N) is 1. The minimum atomic E-state index is -0.0541. The molecule has 3 nitrogen and oxygen atoms in total. The molecule has 3 heteroatoms. The molecule has 0 saturated heterocycles. The van der Waals surface area contributed by atoms with Gasteiger partial charge in [-0.15, -0.1) is 0 Å². The Morgan fingerprint density at radius 3 is 2.60 bits per heavy atom. The van der Waals surface area contributed by atoms with E-state index in [0.29, 0.717) is 0 Å². The topological polar surface area (TPSA) is 53.1 Å². The van der Waals surface area contributed by atoms with Gasteiger partial charge in [-0.05, 0) is 28.1 Å². The van der Waals surface area contributed by atoms with E-state index in [-0.39, 0.29) is 12.2 Å². The Balaban J connectivity index is 2.11. The molecule has 2 N–H and O–H groups in total. The summed E-state index contributed by atoms with van der Waals surface area (Å²) in [6.07, 6.45) is 0.763. The Bertz CT molecular complexity index is 893. The van der Waals surface area contributed by atoms with E-state index in [1.807, 2.05) is 42.5 Å². The fraction of sp³-hybridized carbons (Fsp3) is 0.118. The van der Waals surface area contributed by atoms with Crippen LogP contribution in [0.1, 0.15) is 16.7 Å². The zero-order valence-electron chi connectivity index (χ0n) is 10.8. The van der Waals surface area contributed by atoms with Gasteiger partial charge in [0.1, 0.15) is 0 Å². The van der Waals surface area contributed by atoms with E-state index in [2.05, 4.69) is 4.98 Å². The second-order valence-corrected chi connectivity index (χ2v) is 5.13. The van der Waals surface area contributed by atoms with E-state index in [0.717, 1.165) is 45.1 Å². The lowest BCUT2D eigenvalue weighted by Crippen LogP contribution is -2.08. The lowest BCUT2D eigenvalue weighted by atomic mass is 10.0. The van der Waals surface area contributed by atoms with Gasteiger partial charge in [-0.3, -0.25) is 4.79 Å². The standard InChI is InChI=1S/C17H13NO2/c19-9-10-4-3-7-12-14(10)8-15-11-5-1-2-6-13(11)17(20)18-16(12)15/h1-7,19H,8-9H2,(H,18,20). The molecular weight excluding hydrogens is 250 g/mol. The summed E-state index contributed by atoms with van der Waals surface area (Å²) in [5.74, 6) is 0. The van der Waals surface area contributed by atoms with Crippen molar-refractivity contribution >= 4 is 10.8 Å². The third-order valence-corrected chi connectivity index (χ3v) is 4.10. The molecule has 0 saturated carbocycles. The zero-order chi connectivity index (χ0) is 13.7. The number of benzene rings is 2. The summed E-state index contributed by atoms with van der Waals surface area (Å²) in [6.45, 7) is 0.0271. The summed E-state index contributed by atoms with van der Waals surface area (Å²) >= 11 is 0. The number of aromatic amines is 1. The summed E-state index contributed by atoms with van der Waals surface area (Å²) in [6, 6.07) is 13.5. The van der Waals surface area contributed by atoms with Crippen molar-refractivity contribution < 1.29 is 5.11 Å². The van der Waals surface area contributed by atoms with Crippen molar-refractivity contribution in [2.45, 2.75) is 13.0 Å². The summed E-state index contributed by atoms with van der Waals surface area (Å²) < 4.78 is 0. The van der Waals surface area contributed by atoms with Gasteiger partial charge in [0.05, 0.1) is 12.3 Å². The first-order valence-electron chi connectivity index (χ1n) is 6.65. The molecule has 0 amide bonds. The second kappa shape index (κ2) is 4.05. The SMILES string of the molecule is O=c1[nH]c2c(c3ccccc13)Cc1c(CO)cccc1-2. The van der Waals surface area contributed by atoms with Gasteiger partial charge in [0, 0.05) is 17.4 Å². The summed E-state index contributed by atoms with van der Waals surface area (Å²) in [4.78, 5) is 15.2. The van der Waals surface area contributed by atoms with Gasteiger partial charge in [0.25, 0.3) is 5.56 Å². The molecular formula is C17H13NO2. The van der Waals surface area contributed by atoms with E-state index in [9.17, 15) is 9.90 Å². The quantitative estimate of drug-likeness (QED) is 0.554. The van der Waals surface area contributed by atoms with E-state index >= 15 is 0 Å². The first-order valence-corrected chi connectivity index (χ1v) is 6.65. The second-order valence-electron chi connectivity index (χ2n) is 5.13. The number of hydrogen-bond donors (Lipinski definition) is 2. The number of aromatic nitrogens is 1. The number of aliphatic hydroxyl groups excluding tert-OH is 1. The Morgan fingerprint density at radius 1 is 1.00 bits per heavy atom. The Morgan fingerprint density at radius 2 is 1.80 bits per heavy atom. The Labute approximate surface area is 115 Å². The monoisotopic (exact) mass is 263 g/mol. The highest BCUT2D eigenvalue weighted by Crippen LogP contribution is 2.39. The van der Waals surface area contributed by atoms with E-state index in [1.54, 1.807) is 0 Å². The molecule has 0 bridgehead atoms. The van der Waals surface area contributed by atoms with Crippen LogP contribution in [0.5, 0.6) is 0 Å². The number of fused-ring (bicyclic) bond motifs is 5. The number of aliphatic hydroxyl groups is 1. The van der Waals surface area contributed by atoms with Crippen LogP contribution in [-0.4, -0.2) is 10.1 Å². The molecule has 0 radical (unpaired) electrons. The number of rotatable bonds is 1. The van der Waals surface area contributed by atoms with Crippen molar-refractivity contribution in [3.8, 4) is 11.3 Å². The van der Waals surface area contributed by atoms with E-state index in [1.165, 1.54) is 0 Å². The maximum absolute atomic E-state index is 12.2. The van der Waals surface area contributed by atoms with Crippen LogP contribution in [0.15, 0.2) is 47.3 Å². The van der Waals surface area contributed by atoms with Gasteiger partial charge in [-0.2, -0.15) is 0 Å². The van der Waals surface area contributed by atoms with Crippen LogP contribution in [-0.2, 0) is 13.0 Å². The molecule has 1 heterocycles. The van der Waals surface area contributed by atoms with Gasteiger partial charge in [-0.1, -0.05) is 36.4 Å². The van der Waals surface area contributed by atoms with Crippen LogP contribution in [0.4, 0.5) is 0 Å². The third-order valence-electron chi connectivity index (χ3n) is 4.10. The molecule has 0 spiro atoms. The van der Waals surface area contributed by atoms with Gasteiger partial charge in [-0.25, -0.2) is 0 Å². The van der Waals surface area contributed by atoms with Gasteiger partial charge >= 0.3 is 0 Å². The highest BCUT2D eigenvalue weighted by atomic mass is 16.3. The molecule has 0 fully saturated rings. The molecule has 20 heavy (non-hydrogen) atoms. The van der Waals surface area contributed by atoms with Crippen LogP contribution in [0.3, 0.4) is 0 Å². The number of H-pyrrole nitrogens is 1. The Kier molecular flexibility index (Phi) is 2.32. The molecule has 2 aromatic carbocycles. The van der Waals surface area contributed by atoms with Gasteiger partial charge in [0.15, 0.2) is 0 Å². The predicted molar refractivity (Wildman–Crippen MR) is 78.7 cm³/mol. The molecule has 0 unspecified atom stereocenters. The molecule has 1 aromatic heterocycles. The molecule has 3 aromatic rings. The van der Waals surface area contributed by atoms with Crippen molar-refractivity contribution in [3.63, 3.8) is 0 Å². The van der Waals surface area contributed by atoms with Crippen molar-refractivity contribution in [1.82, 2.24) is 4.98 Å². The van der Waals surface area contributed by atoms with Crippen LogP contribution in [0, 0.1) is 0 Å². The number of pyridine rings is 1. The fourth-order valence-corrected chi connectivity index (χ4v) is 3.15. The summed E-state index contributed by atoms with van der Waals surface area (Å²) in [7, 11) is 0. The maximum atomic E-state index is 12.2. The molecule has 4 rings (SSSR count). The normalized spacial score (nSPS) is 12.4. The molecule has 1 aliphatic carbocycles. The molecule has 98 valence electrons. The predicted octanol–water partition coefficient (Wildman–Crippen LogP) is 2.59. The Hall–Kier alpha value is -2.39. The maximum Gasteiger partial charge on any atom is 0.256 e. The van der Waals surface area contributed by atoms with Crippen LogP contribution in [0.2, 0.25) is 0 Å².